The van der Waals surface area contributed by atoms with E-state index >= 15 is 0 Å². The van der Waals surface area contributed by atoms with Crippen molar-refractivity contribution >= 4 is 16.8 Å². The van der Waals surface area contributed by atoms with Gasteiger partial charge in [0.15, 0.2) is 0 Å². The van der Waals surface area contributed by atoms with Crippen LogP contribution in [0.1, 0.15) is 44.9 Å². The molecule has 2 heterocycles. The van der Waals surface area contributed by atoms with E-state index in [1.165, 1.54) is 4.57 Å². The zero-order valence-corrected chi connectivity index (χ0v) is 16.0. The van der Waals surface area contributed by atoms with Gasteiger partial charge in [-0.1, -0.05) is 25.0 Å². The topological polar surface area (TPSA) is 95.4 Å². The highest BCUT2D eigenvalue weighted by molar-refractivity contribution is 5.77. The number of fused-ring (bicyclic) bond motifs is 2. The number of hydrogen-bond acceptors (Lipinski definition) is 4. The Kier molecular flexibility index (Phi) is 5.10. The molecule has 1 amide bonds. The van der Waals surface area contributed by atoms with Crippen molar-refractivity contribution < 1.29 is 9.90 Å². The molecule has 2 N–H and O–H groups in total. The molecule has 1 aliphatic carbocycles. The second kappa shape index (κ2) is 7.54. The molecule has 0 radical (unpaired) electrons. The van der Waals surface area contributed by atoms with Crippen LogP contribution < -0.4 is 11.2 Å². The molecule has 1 saturated heterocycles. The molecule has 0 spiro atoms. The van der Waals surface area contributed by atoms with Crippen LogP contribution in [0.2, 0.25) is 0 Å². The third kappa shape index (κ3) is 3.51. The molecule has 7 nitrogen and oxygen atoms in total. The van der Waals surface area contributed by atoms with Crippen LogP contribution in [0.15, 0.2) is 33.9 Å². The predicted molar refractivity (Wildman–Crippen MR) is 106 cm³/mol. The van der Waals surface area contributed by atoms with Crippen molar-refractivity contribution in [2.45, 2.75) is 57.1 Å². The van der Waals surface area contributed by atoms with E-state index in [9.17, 15) is 19.5 Å². The fraction of sp³-hybridized carbons (Fsp3) is 0.571. The average Bonchev–Trinajstić information content (AvgIpc) is 2.69. The Labute approximate surface area is 163 Å². The number of nitrogens with one attached hydrogen (secondary N) is 1. The number of hydrogen-bond donors (Lipinski definition) is 2. The number of nitrogens with zero attached hydrogens (tertiary/aromatic N) is 2. The lowest BCUT2D eigenvalue weighted by Crippen LogP contribution is -2.54. The minimum atomic E-state index is -0.596. The van der Waals surface area contributed by atoms with Crippen molar-refractivity contribution in [1.29, 1.82) is 0 Å². The summed E-state index contributed by atoms with van der Waals surface area (Å²) in [6.07, 6.45) is 5.37. The van der Waals surface area contributed by atoms with Gasteiger partial charge in [-0.3, -0.25) is 14.2 Å². The number of carbonyl (C=O) groups is 1. The van der Waals surface area contributed by atoms with Gasteiger partial charge >= 0.3 is 5.69 Å². The van der Waals surface area contributed by atoms with Gasteiger partial charge in [0.25, 0.3) is 5.56 Å². The van der Waals surface area contributed by atoms with Crippen LogP contribution >= 0.6 is 0 Å². The van der Waals surface area contributed by atoms with Crippen LogP contribution in [0.5, 0.6) is 0 Å². The molecule has 2 fully saturated rings. The Bertz CT molecular complexity index is 995. The summed E-state index contributed by atoms with van der Waals surface area (Å²) in [5, 5.41) is 11.2. The summed E-state index contributed by atoms with van der Waals surface area (Å²) in [7, 11) is 0. The van der Waals surface area contributed by atoms with E-state index in [2.05, 4.69) is 4.98 Å². The number of H-pyrrole nitrogens is 1. The smallest absolute Gasteiger partial charge is 0.328 e. The summed E-state index contributed by atoms with van der Waals surface area (Å²) < 4.78 is 1.17. The lowest BCUT2D eigenvalue weighted by Gasteiger charge is -2.47. The van der Waals surface area contributed by atoms with Gasteiger partial charge in [0.2, 0.25) is 5.91 Å². The van der Waals surface area contributed by atoms with Gasteiger partial charge in [0, 0.05) is 32.0 Å². The molecule has 28 heavy (non-hydrogen) atoms. The lowest BCUT2D eigenvalue weighted by atomic mass is 9.71. The number of amides is 1. The molecule has 1 aliphatic heterocycles. The quantitative estimate of drug-likeness (QED) is 0.836. The van der Waals surface area contributed by atoms with Gasteiger partial charge in [0.1, 0.15) is 0 Å². The maximum Gasteiger partial charge on any atom is 0.328 e. The minimum absolute atomic E-state index is 0.0397. The van der Waals surface area contributed by atoms with Crippen LogP contribution in [0.4, 0.5) is 0 Å². The minimum Gasteiger partial charge on any atom is -0.389 e. The van der Waals surface area contributed by atoms with Crippen molar-refractivity contribution in [3.8, 4) is 0 Å². The number of benzene rings is 1. The Balaban J connectivity index is 1.38. The Morgan fingerprint density at radius 2 is 2.04 bits per heavy atom. The molecule has 1 saturated carbocycles. The molecule has 2 aromatic rings. The molecule has 0 unspecified atom stereocenters. The summed E-state index contributed by atoms with van der Waals surface area (Å²) in [6, 6.07) is 6.93. The van der Waals surface area contributed by atoms with E-state index in [-0.39, 0.29) is 23.9 Å². The highest BCUT2D eigenvalue weighted by Gasteiger charge is 2.43. The molecular weight excluding hydrogens is 358 g/mol. The molecule has 2 atom stereocenters. The van der Waals surface area contributed by atoms with E-state index < -0.39 is 11.3 Å². The summed E-state index contributed by atoms with van der Waals surface area (Å²) in [5.74, 6) is 0.211. The average molecular weight is 385 g/mol. The normalized spacial score (nSPS) is 24.9. The first-order valence-electron chi connectivity index (χ1n) is 10.2. The Morgan fingerprint density at radius 1 is 1.21 bits per heavy atom. The number of aromatic nitrogens is 2. The number of piperidine rings is 1. The standard InChI is InChI=1S/C21H27N3O4/c25-18(23-13-11-21(28)10-4-3-6-15(21)14-23)9-5-12-24-19(26)16-7-1-2-8-17(16)22-20(24)27/h1-2,7-8,15,28H,3-6,9-14H2,(H,22,27)/t15-,21+/m1/s1. The van der Waals surface area contributed by atoms with E-state index in [0.29, 0.717) is 43.3 Å². The van der Waals surface area contributed by atoms with Gasteiger partial charge in [-0.15, -0.1) is 0 Å². The third-order valence-corrected chi connectivity index (χ3v) is 6.44. The second-order valence-corrected chi connectivity index (χ2v) is 8.17. The highest BCUT2D eigenvalue weighted by Crippen LogP contribution is 2.39. The van der Waals surface area contributed by atoms with Gasteiger partial charge in [-0.05, 0) is 37.8 Å². The summed E-state index contributed by atoms with van der Waals surface area (Å²) in [4.78, 5) is 41.9. The highest BCUT2D eigenvalue weighted by atomic mass is 16.3. The van der Waals surface area contributed by atoms with Gasteiger partial charge < -0.3 is 15.0 Å². The van der Waals surface area contributed by atoms with Crippen molar-refractivity contribution in [2.24, 2.45) is 5.92 Å². The number of para-hydroxylation sites is 1. The van der Waals surface area contributed by atoms with Crippen molar-refractivity contribution in [3.63, 3.8) is 0 Å². The molecule has 0 bridgehead atoms. The van der Waals surface area contributed by atoms with Crippen molar-refractivity contribution in [1.82, 2.24) is 14.5 Å². The van der Waals surface area contributed by atoms with Gasteiger partial charge in [-0.25, -0.2) is 4.79 Å². The van der Waals surface area contributed by atoms with Crippen LogP contribution in [0.25, 0.3) is 10.9 Å². The Hall–Kier alpha value is -2.41. The van der Waals surface area contributed by atoms with Crippen molar-refractivity contribution in [3.05, 3.63) is 45.1 Å². The fourth-order valence-corrected chi connectivity index (χ4v) is 4.75. The largest absolute Gasteiger partial charge is 0.389 e. The zero-order chi connectivity index (χ0) is 19.7. The van der Waals surface area contributed by atoms with Crippen LogP contribution in [0.3, 0.4) is 0 Å². The molecular formula is C21H27N3O4. The summed E-state index contributed by atoms with van der Waals surface area (Å²) in [6.45, 7) is 1.42. The van der Waals surface area contributed by atoms with E-state index in [1.54, 1.807) is 24.3 Å². The zero-order valence-electron chi connectivity index (χ0n) is 16.0. The molecule has 150 valence electrons. The lowest BCUT2D eigenvalue weighted by molar-refractivity contribution is -0.143. The van der Waals surface area contributed by atoms with E-state index in [1.807, 2.05) is 4.90 Å². The molecule has 1 aromatic carbocycles. The van der Waals surface area contributed by atoms with Crippen LogP contribution in [-0.4, -0.2) is 44.2 Å². The van der Waals surface area contributed by atoms with Gasteiger partial charge in [0.05, 0.1) is 16.5 Å². The van der Waals surface area contributed by atoms with Crippen LogP contribution in [-0.2, 0) is 11.3 Å². The monoisotopic (exact) mass is 385 g/mol. The molecule has 1 aromatic heterocycles. The first-order valence-corrected chi connectivity index (χ1v) is 10.2. The first-order chi connectivity index (χ1) is 13.5. The number of carbonyl (C=O) groups excluding carboxylic acids is 1. The molecule has 4 rings (SSSR count). The number of aliphatic hydroxyl groups is 1. The van der Waals surface area contributed by atoms with Crippen molar-refractivity contribution in [2.75, 3.05) is 13.1 Å². The third-order valence-electron chi connectivity index (χ3n) is 6.44. The number of rotatable bonds is 4. The second-order valence-electron chi connectivity index (χ2n) is 8.17. The predicted octanol–water partition coefficient (Wildman–Crippen LogP) is 1.62. The fourth-order valence-electron chi connectivity index (χ4n) is 4.75. The van der Waals surface area contributed by atoms with Gasteiger partial charge in [-0.2, -0.15) is 0 Å². The van der Waals surface area contributed by atoms with E-state index in [4.69, 9.17) is 0 Å². The summed E-state index contributed by atoms with van der Waals surface area (Å²) in [5.41, 5.74) is -0.836. The molecule has 7 heteroatoms. The Morgan fingerprint density at radius 3 is 2.89 bits per heavy atom. The summed E-state index contributed by atoms with van der Waals surface area (Å²) >= 11 is 0. The maximum absolute atomic E-state index is 12.6. The first kappa shape index (κ1) is 18.9. The van der Waals surface area contributed by atoms with Crippen LogP contribution in [0, 0.1) is 5.92 Å². The maximum atomic E-state index is 12.6. The number of likely N-dealkylation sites (tertiary alicyclic amines) is 1. The number of aromatic amines is 1. The van der Waals surface area contributed by atoms with E-state index in [0.717, 1.165) is 25.7 Å². The SMILES string of the molecule is O=C(CCCn1c(=O)[nH]c2ccccc2c1=O)N1CC[C@@]2(O)CCCC[C@@H]2C1. The molecule has 2 aliphatic rings.